The van der Waals surface area contributed by atoms with E-state index in [0.29, 0.717) is 23.1 Å². The van der Waals surface area contributed by atoms with Crippen LogP contribution in [0.15, 0.2) is 59.6 Å². The number of rotatable bonds is 46. The quantitative estimate of drug-likeness (QED) is 0.0165. The van der Waals surface area contributed by atoms with Crippen molar-refractivity contribution in [1.29, 1.82) is 0 Å². The number of phenols is 2. The third kappa shape index (κ3) is 27.2. The molecule has 0 aliphatic carbocycles. The van der Waals surface area contributed by atoms with Crippen LogP contribution in [0.4, 0.5) is 0 Å². The van der Waals surface area contributed by atoms with Crippen molar-refractivity contribution in [2.75, 3.05) is 39.3 Å². The number of aliphatic imine (C=N–C) groups is 1. The number of carboxylic acid groups (broad SMARTS) is 1. The average Bonchev–Trinajstić information content (AvgIpc) is 1.60. The molecule has 101 heavy (non-hydrogen) atoms. The Balaban J connectivity index is 0.972. The van der Waals surface area contributed by atoms with Crippen LogP contribution in [0, 0.1) is 5.92 Å². The van der Waals surface area contributed by atoms with Gasteiger partial charge >= 0.3 is 11.9 Å². The SMILES string of the molecule is CCCCCCCCCCCCCCCCCC(=O)NCC(=O)N[C@@H](CCCN=C(N)N)C(=O)N[C@@H](C)C(=O)N[C@@H](C)C(=O)N[C@@H](CC(C)C)C(=O)NCC(=O)NCC(=O)NCC(=O)N[C@@H](CCCCNC(=O)c1ccc2c(c1)C1(OC2=O)c2ccc(O)cc2Oc2cc(O)ccc21)C(=O)O. The van der Waals surface area contributed by atoms with Gasteiger partial charge in [0.05, 0.1) is 31.7 Å². The summed E-state index contributed by atoms with van der Waals surface area (Å²) >= 11 is 0. The summed E-state index contributed by atoms with van der Waals surface area (Å²) in [5, 5.41) is 55.2. The number of amides is 10. The second-order valence-corrected chi connectivity index (χ2v) is 26.0. The Kier molecular flexibility index (Phi) is 34.1. The molecule has 2 aliphatic rings. The molecule has 0 fully saturated rings. The maximum Gasteiger partial charge on any atom is 0.340 e. The summed E-state index contributed by atoms with van der Waals surface area (Å²) in [7, 11) is 0. The minimum atomic E-state index is -1.60. The van der Waals surface area contributed by atoms with Gasteiger partial charge in [-0.2, -0.15) is 0 Å². The predicted molar refractivity (Wildman–Crippen MR) is 374 cm³/mol. The number of carbonyl (C=O) groups excluding carboxylic acids is 11. The molecule has 3 aromatic rings. The molecule has 2 heterocycles. The summed E-state index contributed by atoms with van der Waals surface area (Å²) in [6.07, 6.45) is 19.0. The lowest BCUT2D eigenvalue weighted by Gasteiger charge is -2.36. The van der Waals surface area contributed by atoms with Gasteiger partial charge in [-0.05, 0) is 107 Å². The number of hydrogen-bond acceptors (Lipinski definition) is 17. The first-order valence-corrected chi connectivity index (χ1v) is 35.1. The summed E-state index contributed by atoms with van der Waals surface area (Å²) in [6.45, 7) is 6.40. The number of guanidine groups is 1. The number of benzene rings is 3. The maximum atomic E-state index is 13.5. The Hall–Kier alpha value is -10.0. The highest BCUT2D eigenvalue weighted by Crippen LogP contribution is 2.57. The van der Waals surface area contributed by atoms with Crippen LogP contribution >= 0.6 is 0 Å². The molecular formula is C71H103N13O17. The van der Waals surface area contributed by atoms with Crippen LogP contribution in [0.3, 0.4) is 0 Å². The molecule has 0 saturated carbocycles. The molecule has 0 unspecified atom stereocenters. The van der Waals surface area contributed by atoms with Crippen molar-refractivity contribution in [3.63, 3.8) is 0 Å². The van der Waals surface area contributed by atoms with E-state index >= 15 is 0 Å². The average molecular weight is 1410 g/mol. The van der Waals surface area contributed by atoms with Crippen molar-refractivity contribution in [1.82, 2.24) is 53.2 Å². The Labute approximate surface area is 588 Å². The zero-order chi connectivity index (χ0) is 74.0. The molecule has 30 nitrogen and oxygen atoms in total. The Morgan fingerprint density at radius 3 is 1.53 bits per heavy atom. The van der Waals surface area contributed by atoms with E-state index < -0.39 is 121 Å². The number of carbonyl (C=O) groups is 12. The molecule has 0 saturated heterocycles. The van der Waals surface area contributed by atoms with E-state index in [4.69, 9.17) is 20.9 Å². The number of nitrogens with two attached hydrogens (primary N) is 2. The zero-order valence-electron chi connectivity index (χ0n) is 58.6. The van der Waals surface area contributed by atoms with Crippen molar-refractivity contribution in [3.05, 3.63) is 82.4 Å². The predicted octanol–water partition coefficient (Wildman–Crippen LogP) is 3.94. The second-order valence-electron chi connectivity index (χ2n) is 26.0. The first-order valence-electron chi connectivity index (χ1n) is 35.1. The fourth-order valence-electron chi connectivity index (χ4n) is 11.6. The number of phenolic OH excluding ortho intramolecular Hbond substituents is 2. The molecule has 2 aliphatic heterocycles. The maximum absolute atomic E-state index is 13.5. The minimum absolute atomic E-state index is 0.0572. The summed E-state index contributed by atoms with van der Waals surface area (Å²) < 4.78 is 12.1. The summed E-state index contributed by atoms with van der Waals surface area (Å²) in [5.41, 5.74) is 10.7. The van der Waals surface area contributed by atoms with Crippen LogP contribution in [-0.4, -0.2) is 162 Å². The molecule has 10 amide bonds. The van der Waals surface area contributed by atoms with E-state index in [1.54, 1.807) is 13.8 Å². The summed E-state index contributed by atoms with van der Waals surface area (Å²) in [5.74, 6) is -9.33. The normalized spacial score (nSPS) is 13.7. The number of nitrogens with one attached hydrogen (secondary N) is 10. The first kappa shape index (κ1) is 81.6. The Morgan fingerprint density at radius 1 is 0.495 bits per heavy atom. The number of ether oxygens (including phenoxy) is 2. The van der Waals surface area contributed by atoms with Gasteiger partial charge in [0, 0.05) is 53.9 Å². The van der Waals surface area contributed by atoms with Crippen molar-refractivity contribution in [2.45, 2.75) is 212 Å². The standard InChI is InChI=1S/C71H103N13O17/c1-6-7-8-9-10-11-12-13-14-15-16-17-18-19-20-26-58(87)76-41-61(90)82-53(25-23-34-75-70(72)73)67(96)81-44(4)63(92)80-45(5)64(93)84-55(35-43(2)3)66(95)79-40-60(89)77-39-59(88)78-42-62(91)83-54(68(97)98)24-21-22-33-74-65(94)46-27-30-49-52(36-46)71(101-69(49)99)50-31-28-47(85)37-56(50)100-57-38-48(86)29-32-51(57)71/h27-32,36-38,43-45,53-55,85-86H,6-26,33-35,39-42H2,1-5H3,(H,74,94)(H,76,87)(H,77,89)(H,78,88)(H,79,95)(H,80,92)(H,81,96)(H,82,90)(H,83,91)(H,84,93)(H,97,98)(H4,72,73,75)/t44-,45-,53-,54-,55-/m0/s1. The molecule has 0 bridgehead atoms. The Bertz CT molecular complexity index is 3340. The lowest BCUT2D eigenvalue weighted by atomic mass is 9.77. The number of hydrogen-bond donors (Lipinski definition) is 15. The lowest BCUT2D eigenvalue weighted by molar-refractivity contribution is -0.142. The highest BCUT2D eigenvalue weighted by molar-refractivity contribution is 6.01. The van der Waals surface area contributed by atoms with Crippen molar-refractivity contribution in [2.24, 2.45) is 22.4 Å². The molecular weight excluding hydrogens is 1310 g/mol. The van der Waals surface area contributed by atoms with Gasteiger partial charge in [-0.1, -0.05) is 111 Å². The fourth-order valence-corrected chi connectivity index (χ4v) is 11.6. The van der Waals surface area contributed by atoms with Gasteiger partial charge < -0.3 is 89.4 Å². The third-order valence-corrected chi connectivity index (χ3v) is 17.1. The number of aliphatic carboxylic acids is 1. The first-order chi connectivity index (χ1) is 48.2. The van der Waals surface area contributed by atoms with Gasteiger partial charge in [-0.3, -0.25) is 52.9 Å². The molecule has 554 valence electrons. The van der Waals surface area contributed by atoms with Gasteiger partial charge in [0.15, 0.2) is 11.6 Å². The van der Waals surface area contributed by atoms with Crippen LogP contribution in [0.5, 0.6) is 23.0 Å². The number of aromatic hydroxyl groups is 2. The number of fused-ring (bicyclic) bond motifs is 6. The van der Waals surface area contributed by atoms with Crippen molar-refractivity contribution in [3.8, 4) is 23.0 Å². The van der Waals surface area contributed by atoms with E-state index in [9.17, 15) is 72.9 Å². The Morgan fingerprint density at radius 2 is 0.990 bits per heavy atom. The van der Waals surface area contributed by atoms with Gasteiger partial charge in [-0.15, -0.1) is 0 Å². The molecule has 30 heteroatoms. The number of nitrogens with zero attached hydrogens (tertiary/aromatic N) is 1. The van der Waals surface area contributed by atoms with Gasteiger partial charge in [0.2, 0.25) is 53.2 Å². The monoisotopic (exact) mass is 1410 g/mol. The van der Waals surface area contributed by atoms with E-state index in [1.807, 2.05) is 0 Å². The fraction of sp³-hybridized carbons (Fsp3) is 0.563. The van der Waals surface area contributed by atoms with Gasteiger partial charge in [0.25, 0.3) is 5.91 Å². The molecule has 1 spiro atoms. The lowest BCUT2D eigenvalue weighted by Crippen LogP contribution is -2.57. The molecule has 3 aromatic carbocycles. The largest absolute Gasteiger partial charge is 0.508 e. The van der Waals surface area contributed by atoms with Crippen molar-refractivity contribution >= 4 is 77.0 Å². The van der Waals surface area contributed by atoms with Crippen LogP contribution in [-0.2, 0) is 58.3 Å². The van der Waals surface area contributed by atoms with E-state index in [2.05, 4.69) is 65.1 Å². The van der Waals surface area contributed by atoms with Crippen molar-refractivity contribution < 1.29 is 82.3 Å². The number of esters is 1. The van der Waals surface area contributed by atoms with Crippen LogP contribution < -0.4 is 69.4 Å². The summed E-state index contributed by atoms with van der Waals surface area (Å²) in [4.78, 5) is 160. The molecule has 17 N–H and O–H groups in total. The number of carboxylic acids is 1. The molecule has 0 aromatic heterocycles. The van der Waals surface area contributed by atoms with Gasteiger partial charge in [-0.25, -0.2) is 9.59 Å². The van der Waals surface area contributed by atoms with E-state index in [0.717, 1.165) is 19.3 Å². The van der Waals surface area contributed by atoms with Gasteiger partial charge in [0.1, 0.15) is 53.2 Å². The molecule has 0 radical (unpaired) electrons. The highest BCUT2D eigenvalue weighted by atomic mass is 16.6. The zero-order valence-corrected chi connectivity index (χ0v) is 58.6. The minimum Gasteiger partial charge on any atom is -0.508 e. The smallest absolute Gasteiger partial charge is 0.340 e. The van der Waals surface area contributed by atoms with E-state index in [-0.39, 0.29) is 116 Å². The summed E-state index contributed by atoms with van der Waals surface area (Å²) in [6, 6.07) is 6.76. The van der Waals surface area contributed by atoms with Crippen LogP contribution in [0.25, 0.3) is 0 Å². The second kappa shape index (κ2) is 42.2. The third-order valence-electron chi connectivity index (χ3n) is 17.1. The highest BCUT2D eigenvalue weighted by Gasteiger charge is 2.54. The number of unbranched alkanes of at least 4 members (excludes halogenated alkanes) is 15. The van der Waals surface area contributed by atoms with Crippen LogP contribution in [0.1, 0.15) is 213 Å². The van der Waals surface area contributed by atoms with Crippen LogP contribution in [0.2, 0.25) is 0 Å². The molecule has 5 atom stereocenters. The van der Waals surface area contributed by atoms with E-state index in [1.165, 1.54) is 139 Å². The molecule has 5 rings (SSSR count). The topological polar surface area (TPSA) is 469 Å².